The molecule has 13 nitrogen and oxygen atoms in total. The number of allylic oxidation sites excluding steroid dienone is 2. The Bertz CT molecular complexity index is 1910. The second-order valence-corrected chi connectivity index (χ2v) is 16.1. The number of rotatable bonds is 9. The fourth-order valence-corrected chi connectivity index (χ4v) is 7.95. The van der Waals surface area contributed by atoms with Gasteiger partial charge in [-0.1, -0.05) is 72.6 Å². The molecule has 0 saturated heterocycles. The summed E-state index contributed by atoms with van der Waals surface area (Å²) >= 11 is 0. The molecule has 320 valence electrons. The number of nitrogens with zero attached hydrogens (tertiary/aromatic N) is 1. The van der Waals surface area contributed by atoms with Crippen LogP contribution in [0.3, 0.4) is 0 Å². The highest BCUT2D eigenvalue weighted by Crippen LogP contribution is 2.54. The maximum atomic E-state index is 14.7. The van der Waals surface area contributed by atoms with Gasteiger partial charge in [0.2, 0.25) is 0 Å². The van der Waals surface area contributed by atoms with E-state index in [1.165, 1.54) is 27.2 Å². The van der Waals surface area contributed by atoms with Crippen LogP contribution >= 0.6 is 0 Å². The number of amides is 1. The van der Waals surface area contributed by atoms with Crippen molar-refractivity contribution in [3.05, 3.63) is 53.3 Å². The van der Waals surface area contributed by atoms with Crippen LogP contribution in [0, 0.1) is 30.6 Å². The van der Waals surface area contributed by atoms with Crippen molar-refractivity contribution in [3.8, 4) is 17.2 Å². The first-order valence-electron chi connectivity index (χ1n) is 20.5. The molecule has 0 aliphatic carbocycles. The van der Waals surface area contributed by atoms with Crippen molar-refractivity contribution in [3.63, 3.8) is 0 Å². The fraction of sp³-hybridized carbons (Fsp3) is 0.578. The second kappa shape index (κ2) is 19.4. The van der Waals surface area contributed by atoms with Crippen LogP contribution in [0.1, 0.15) is 104 Å². The predicted molar refractivity (Wildman–Crippen MR) is 224 cm³/mol. The van der Waals surface area contributed by atoms with E-state index in [0.717, 1.165) is 25.7 Å². The number of hydrogen-bond acceptors (Lipinski definition) is 12. The van der Waals surface area contributed by atoms with E-state index >= 15 is 0 Å². The molecule has 58 heavy (non-hydrogen) atoms. The molecule has 2 aromatic carbocycles. The standard InChI is InChI=1S/C45H64N2O11/c1-12-14-20-47(21-15-13-2)32-23-31-40(52)35-34(32)36-42(29(8)39(35)51)58-45(10,43(36)53)56-22-19-33(55-11)26(5)41(57-30(9)48)28(7)38(50)27(6)37(49)24(3)17-16-18-25(4)44(54)46-31/h16-19,22-24,26-28,33,37-38,41,49-52H,12-15,20-21H2,1-11H3,(H,46,54)/b17-16+,22-19+,25-18-/t24-,26+,27+,28+,33-,37-,38+,41+,45-/m0/s1. The Kier molecular flexibility index (Phi) is 15.5. The van der Waals surface area contributed by atoms with Crippen LogP contribution in [-0.2, 0) is 23.8 Å². The number of carbonyl (C=O) groups excluding carboxylic acids is 3. The highest BCUT2D eigenvalue weighted by Gasteiger charge is 2.49. The van der Waals surface area contributed by atoms with Crippen molar-refractivity contribution >= 4 is 39.8 Å². The van der Waals surface area contributed by atoms with Gasteiger partial charge in [0.25, 0.3) is 11.7 Å². The molecule has 0 spiro atoms. The van der Waals surface area contributed by atoms with Crippen LogP contribution in [0.15, 0.2) is 42.2 Å². The number of hydrogen-bond donors (Lipinski definition) is 5. The third-order valence-corrected chi connectivity index (χ3v) is 11.7. The number of aromatic hydroxyl groups is 2. The lowest BCUT2D eigenvalue weighted by Gasteiger charge is -2.38. The van der Waals surface area contributed by atoms with Gasteiger partial charge in [0.1, 0.15) is 17.6 Å². The van der Waals surface area contributed by atoms with Crippen molar-refractivity contribution in [2.75, 3.05) is 30.4 Å². The Hall–Kier alpha value is -4.59. The SMILES string of the molecule is CCCCN(CCCC)c1cc2c(O)c3c(O)c(C)c4c(c13)C(=O)[C@@](C)(O/C=C/[C@H](OC)[C@@H](C)[C@@H](OC(C)=O)[C@H](C)[C@H](O)[C@H](C)[C@@H](O)[C@@H](C)/C=C/C=C(/C)C(=O)N2)O4. The van der Waals surface area contributed by atoms with Gasteiger partial charge in [0, 0.05) is 79.9 Å². The monoisotopic (exact) mass is 808 g/mol. The predicted octanol–water partition coefficient (Wildman–Crippen LogP) is 7.46. The molecule has 0 radical (unpaired) electrons. The number of benzene rings is 2. The number of nitrogens with one attached hydrogen (secondary N) is 1. The van der Waals surface area contributed by atoms with Crippen LogP contribution in [0.25, 0.3) is 10.8 Å². The molecule has 5 bridgehead atoms. The zero-order chi connectivity index (χ0) is 43.2. The molecule has 3 heterocycles. The highest BCUT2D eigenvalue weighted by molar-refractivity contribution is 6.23. The number of fused-ring (bicyclic) bond motifs is 14. The molecule has 5 rings (SSSR count). The number of esters is 1. The van der Waals surface area contributed by atoms with Crippen LogP contribution in [-0.4, -0.2) is 88.5 Å². The summed E-state index contributed by atoms with van der Waals surface area (Å²) in [5.41, 5.74) is 1.18. The van der Waals surface area contributed by atoms with Gasteiger partial charge >= 0.3 is 11.8 Å². The first-order valence-corrected chi connectivity index (χ1v) is 20.5. The molecular weight excluding hydrogens is 744 g/mol. The maximum Gasteiger partial charge on any atom is 0.312 e. The second-order valence-electron chi connectivity index (χ2n) is 16.1. The normalized spacial score (nSPS) is 30.3. The number of aliphatic hydroxyl groups is 2. The summed E-state index contributed by atoms with van der Waals surface area (Å²) in [7, 11) is 1.48. The highest BCUT2D eigenvalue weighted by atomic mass is 16.7. The van der Waals surface area contributed by atoms with E-state index in [9.17, 15) is 34.8 Å². The van der Waals surface area contributed by atoms with Gasteiger partial charge in [0.15, 0.2) is 5.75 Å². The molecule has 0 unspecified atom stereocenters. The largest absolute Gasteiger partial charge is 0.507 e. The zero-order valence-electron chi connectivity index (χ0n) is 35.9. The number of phenols is 2. The van der Waals surface area contributed by atoms with Gasteiger partial charge in [-0.15, -0.1) is 0 Å². The Morgan fingerprint density at radius 2 is 1.57 bits per heavy atom. The molecule has 3 aliphatic heterocycles. The quantitative estimate of drug-likeness (QED) is 0.125. The molecule has 1 amide bonds. The number of anilines is 2. The maximum absolute atomic E-state index is 14.7. The Labute approximate surface area is 342 Å². The molecular formula is C45H64N2O11. The summed E-state index contributed by atoms with van der Waals surface area (Å²) in [6.45, 7) is 18.3. The van der Waals surface area contributed by atoms with Crippen LogP contribution in [0.2, 0.25) is 0 Å². The minimum absolute atomic E-state index is 0.00667. The number of unbranched alkanes of at least 4 members (excludes halogenated alkanes) is 2. The number of ketones is 1. The number of Topliss-reactive ketones (excluding diaryl/α,β-unsaturated/α-hetero) is 1. The topological polar surface area (TPSA) is 184 Å². The molecule has 0 saturated carbocycles. The van der Waals surface area contributed by atoms with E-state index < -0.39 is 77.3 Å². The van der Waals surface area contributed by atoms with E-state index in [2.05, 4.69) is 24.1 Å². The van der Waals surface area contributed by atoms with Gasteiger partial charge < -0.3 is 49.6 Å². The molecule has 3 aliphatic rings. The summed E-state index contributed by atoms with van der Waals surface area (Å²) in [6, 6.07) is 1.64. The average Bonchev–Trinajstić information content (AvgIpc) is 3.45. The first-order chi connectivity index (χ1) is 27.3. The Balaban J connectivity index is 1.99. The third-order valence-electron chi connectivity index (χ3n) is 11.7. The Morgan fingerprint density at radius 1 is 0.931 bits per heavy atom. The summed E-state index contributed by atoms with van der Waals surface area (Å²) in [5, 5.41) is 49.6. The summed E-state index contributed by atoms with van der Waals surface area (Å²) < 4.78 is 24.0. The van der Waals surface area contributed by atoms with Gasteiger partial charge in [-0.3, -0.25) is 14.4 Å². The van der Waals surface area contributed by atoms with Crippen molar-refractivity contribution in [1.29, 1.82) is 0 Å². The van der Waals surface area contributed by atoms with Gasteiger partial charge in [-0.05, 0) is 38.8 Å². The lowest BCUT2D eigenvalue weighted by atomic mass is 9.78. The Morgan fingerprint density at radius 3 is 2.16 bits per heavy atom. The smallest absolute Gasteiger partial charge is 0.312 e. The van der Waals surface area contributed by atoms with Crippen LogP contribution in [0.5, 0.6) is 17.2 Å². The van der Waals surface area contributed by atoms with Gasteiger partial charge in [-0.2, -0.15) is 0 Å². The molecule has 9 atom stereocenters. The van der Waals surface area contributed by atoms with Crippen molar-refractivity contribution in [2.45, 2.75) is 125 Å². The number of ether oxygens (including phenoxy) is 4. The van der Waals surface area contributed by atoms with E-state index in [1.54, 1.807) is 71.9 Å². The number of phenolic OH excluding ortho intramolecular Hbond substituents is 2. The summed E-state index contributed by atoms with van der Waals surface area (Å²) in [6.07, 6.45) is 7.50. The molecule has 5 N–H and O–H groups in total. The van der Waals surface area contributed by atoms with E-state index in [0.29, 0.717) is 18.8 Å². The van der Waals surface area contributed by atoms with E-state index in [1.807, 2.05) is 0 Å². The number of methoxy groups -OCH3 is 1. The summed E-state index contributed by atoms with van der Waals surface area (Å²) in [4.78, 5) is 42.8. The average molecular weight is 809 g/mol. The van der Waals surface area contributed by atoms with Crippen LogP contribution in [0.4, 0.5) is 11.4 Å². The molecule has 13 heteroatoms. The molecule has 0 fully saturated rings. The molecule has 0 aromatic heterocycles. The third kappa shape index (κ3) is 9.48. The van der Waals surface area contributed by atoms with Crippen molar-refractivity contribution < 1.29 is 53.8 Å². The van der Waals surface area contributed by atoms with Crippen molar-refractivity contribution in [2.24, 2.45) is 23.7 Å². The molecule has 2 aromatic rings. The zero-order valence-corrected chi connectivity index (χ0v) is 35.9. The van der Waals surface area contributed by atoms with E-state index in [-0.39, 0.29) is 44.7 Å². The minimum Gasteiger partial charge on any atom is -0.507 e. The number of aliphatic hydroxyl groups excluding tert-OH is 2. The lowest BCUT2D eigenvalue weighted by molar-refractivity contribution is -0.160. The van der Waals surface area contributed by atoms with Crippen LogP contribution < -0.4 is 15.0 Å². The summed E-state index contributed by atoms with van der Waals surface area (Å²) in [5.74, 6) is -6.49. The fourth-order valence-electron chi connectivity index (χ4n) is 7.95. The number of carbonyl (C=O) groups is 3. The van der Waals surface area contributed by atoms with Gasteiger partial charge in [0.05, 0.1) is 41.2 Å². The minimum atomic E-state index is -1.91. The first kappa shape index (κ1) is 46.1. The lowest BCUT2D eigenvalue weighted by Crippen LogP contribution is -2.46. The van der Waals surface area contributed by atoms with Gasteiger partial charge in [-0.25, -0.2) is 0 Å². The van der Waals surface area contributed by atoms with Crippen molar-refractivity contribution in [1.82, 2.24) is 0 Å². The van der Waals surface area contributed by atoms with E-state index in [4.69, 9.17) is 18.9 Å².